The third kappa shape index (κ3) is 8.38. The minimum Gasteiger partial charge on any atom is -0.495 e. The van der Waals surface area contributed by atoms with Crippen molar-refractivity contribution < 1.29 is 26.4 Å². The van der Waals surface area contributed by atoms with Gasteiger partial charge < -0.3 is 9.22 Å². The van der Waals surface area contributed by atoms with Crippen LogP contribution in [0.2, 0.25) is 10.0 Å². The van der Waals surface area contributed by atoms with Crippen LogP contribution < -0.4 is 9.46 Å². The first-order valence-corrected chi connectivity index (χ1v) is 17.3. The second-order valence-corrected chi connectivity index (χ2v) is 15.7. The van der Waals surface area contributed by atoms with Crippen LogP contribution in [0.1, 0.15) is 37.1 Å². The molecule has 1 N–H and O–H groups in total. The Bertz CT molecular complexity index is 1750. The summed E-state index contributed by atoms with van der Waals surface area (Å²) in [4.78, 5) is 4.42. The maximum Gasteiger partial charge on any atom is 0.240 e. The molecule has 0 saturated carbocycles. The lowest BCUT2D eigenvalue weighted by molar-refractivity contribution is -0.870. The zero-order valence-corrected chi connectivity index (χ0v) is 29.1. The number of imidazole rings is 1. The van der Waals surface area contributed by atoms with Crippen LogP contribution in [0.3, 0.4) is 0 Å². The molecule has 4 rings (SSSR count). The number of ether oxygens (including phenoxy) is 1. The van der Waals surface area contributed by atoms with E-state index in [4.69, 9.17) is 27.9 Å². The number of nitrogens with zero attached hydrogens (tertiary/aromatic N) is 3. The Morgan fingerprint density at radius 1 is 1.02 bits per heavy atom. The highest BCUT2D eigenvalue weighted by atomic mass is 35.5. The number of hydrogen-bond donors (Lipinski definition) is 1. The molecule has 13 heteroatoms. The molecule has 0 aliphatic rings. The van der Waals surface area contributed by atoms with Gasteiger partial charge in [0.25, 0.3) is 0 Å². The highest BCUT2D eigenvalue weighted by Crippen LogP contribution is 2.40. The van der Waals surface area contributed by atoms with Crippen LogP contribution in [0.15, 0.2) is 70.8 Å². The first-order valence-electron chi connectivity index (χ1n) is 14.1. The number of thioether (sulfide) groups is 1. The van der Waals surface area contributed by atoms with Gasteiger partial charge in [-0.1, -0.05) is 54.9 Å². The molecule has 0 aliphatic carbocycles. The lowest BCUT2D eigenvalue weighted by Gasteiger charge is -2.28. The zero-order chi connectivity index (χ0) is 33.2. The van der Waals surface area contributed by atoms with Crippen molar-refractivity contribution in [2.24, 2.45) is 0 Å². The van der Waals surface area contributed by atoms with Crippen molar-refractivity contribution in [2.75, 3.05) is 41.3 Å². The molecule has 0 aliphatic heterocycles. The van der Waals surface area contributed by atoms with Gasteiger partial charge in [0.15, 0.2) is 5.16 Å². The summed E-state index contributed by atoms with van der Waals surface area (Å²) >= 11 is 14.0. The largest absolute Gasteiger partial charge is 0.495 e. The van der Waals surface area contributed by atoms with E-state index in [0.29, 0.717) is 32.5 Å². The molecule has 0 radical (unpaired) electrons. The Morgan fingerprint density at radius 2 is 1.71 bits per heavy atom. The van der Waals surface area contributed by atoms with E-state index in [1.165, 1.54) is 30.0 Å². The van der Waals surface area contributed by atoms with Gasteiger partial charge in [0, 0.05) is 40.4 Å². The van der Waals surface area contributed by atoms with E-state index in [9.17, 15) is 12.8 Å². The summed E-state index contributed by atoms with van der Waals surface area (Å²) in [6, 6.07) is 13.8. The summed E-state index contributed by atoms with van der Waals surface area (Å²) in [5, 5.41) is 0.980. The summed E-state index contributed by atoms with van der Waals surface area (Å²) in [7, 11) is 3.65. The van der Waals surface area contributed by atoms with Gasteiger partial charge in [-0.15, -0.1) is 0 Å². The Kier molecular flexibility index (Phi) is 10.9. The zero-order valence-electron chi connectivity index (χ0n) is 26.0. The SMILES string of the molecule is COc1cc(C(C)(C)c2cnc(SCc3c(F)cc(S(=O)(=O)NCCC[N+](C)(C)C)cc3Cl)n2-c2ccc(F)cc2)ccc1Cl. The number of aromatic nitrogens is 2. The highest BCUT2D eigenvalue weighted by molar-refractivity contribution is 7.98. The molecule has 0 fully saturated rings. The highest BCUT2D eigenvalue weighted by Gasteiger charge is 2.31. The van der Waals surface area contributed by atoms with Crippen molar-refractivity contribution >= 4 is 45.0 Å². The Hall–Kier alpha value is -2.67. The molecule has 1 aromatic heterocycles. The van der Waals surface area contributed by atoms with Crippen molar-refractivity contribution in [3.05, 3.63) is 99.3 Å². The van der Waals surface area contributed by atoms with Gasteiger partial charge in [-0.05, 0) is 54.1 Å². The van der Waals surface area contributed by atoms with Gasteiger partial charge in [0.1, 0.15) is 17.4 Å². The maximum atomic E-state index is 15.4. The standard InChI is InChI=1S/C32H37Cl2F2N4O3S2/c1-32(2,21-8-13-26(33)29(16-21)43-6)30-19-37-31(39(30)23-11-9-22(35)10-12-23)44-20-25-27(34)17-24(18-28(25)36)45(41,42)38-14-7-15-40(3,4)5/h8-13,16-19,38H,7,14-15,20H2,1-6H3/q+1. The molecular formula is C32H37Cl2F2N4O3S2+. The fourth-order valence-electron chi connectivity index (χ4n) is 4.77. The van der Waals surface area contributed by atoms with Crippen molar-refractivity contribution in [3.8, 4) is 11.4 Å². The van der Waals surface area contributed by atoms with Crippen LogP contribution in [-0.4, -0.2) is 63.8 Å². The Labute approximate surface area is 278 Å². The minimum absolute atomic E-state index is 0.0112. The van der Waals surface area contributed by atoms with Crippen LogP contribution in [0, 0.1) is 11.6 Å². The molecule has 7 nitrogen and oxygen atoms in total. The lowest BCUT2D eigenvalue weighted by atomic mass is 9.81. The average molecular weight is 699 g/mol. The van der Waals surface area contributed by atoms with Crippen molar-refractivity contribution in [1.82, 2.24) is 14.3 Å². The van der Waals surface area contributed by atoms with Crippen molar-refractivity contribution in [2.45, 2.75) is 41.5 Å². The molecule has 0 bridgehead atoms. The molecule has 0 saturated heterocycles. The number of methoxy groups -OCH3 is 1. The summed E-state index contributed by atoms with van der Waals surface area (Å²) in [5.41, 5.74) is 1.87. The van der Waals surface area contributed by atoms with E-state index in [2.05, 4.69) is 9.71 Å². The summed E-state index contributed by atoms with van der Waals surface area (Å²) in [5.74, 6) is -0.535. The Morgan fingerprint density at radius 3 is 2.33 bits per heavy atom. The molecule has 4 aromatic rings. The van der Waals surface area contributed by atoms with Gasteiger partial charge in [-0.25, -0.2) is 26.9 Å². The molecule has 0 spiro atoms. The summed E-state index contributed by atoms with van der Waals surface area (Å²) in [6.07, 6.45) is 2.35. The molecular weight excluding hydrogens is 661 g/mol. The lowest BCUT2D eigenvalue weighted by Crippen LogP contribution is -2.37. The second-order valence-electron chi connectivity index (χ2n) is 12.1. The number of quaternary nitrogens is 1. The first-order chi connectivity index (χ1) is 21.0. The molecule has 0 atom stereocenters. The average Bonchev–Trinajstić information content (AvgIpc) is 3.39. The van der Waals surface area contributed by atoms with Gasteiger partial charge >= 0.3 is 0 Å². The molecule has 242 valence electrons. The van der Waals surface area contributed by atoms with Gasteiger partial charge in [-0.3, -0.25) is 4.57 Å². The van der Waals surface area contributed by atoms with Crippen LogP contribution in [0.4, 0.5) is 8.78 Å². The third-order valence-corrected chi connectivity index (χ3v) is 10.5. The molecule has 3 aromatic carbocycles. The first kappa shape index (κ1) is 35.2. The number of benzene rings is 3. The van der Waals surface area contributed by atoms with Crippen LogP contribution in [0.25, 0.3) is 5.69 Å². The van der Waals surface area contributed by atoms with E-state index in [0.717, 1.165) is 23.9 Å². The van der Waals surface area contributed by atoms with E-state index < -0.39 is 21.3 Å². The third-order valence-electron chi connectivity index (χ3n) is 7.40. The minimum atomic E-state index is -3.95. The molecule has 1 heterocycles. The van der Waals surface area contributed by atoms with Crippen molar-refractivity contribution in [1.29, 1.82) is 0 Å². The molecule has 45 heavy (non-hydrogen) atoms. The van der Waals surface area contributed by atoms with Gasteiger partial charge in [-0.2, -0.15) is 0 Å². The number of halogens is 4. The van der Waals surface area contributed by atoms with E-state index in [1.54, 1.807) is 31.5 Å². The summed E-state index contributed by atoms with van der Waals surface area (Å²) < 4.78 is 65.5. The van der Waals surface area contributed by atoms with Crippen molar-refractivity contribution in [3.63, 3.8) is 0 Å². The molecule has 0 amide bonds. The van der Waals surface area contributed by atoms with E-state index in [-0.39, 0.29) is 33.6 Å². The number of nitrogens with one attached hydrogen (secondary N) is 1. The quantitative estimate of drug-likeness (QED) is 0.0892. The second kappa shape index (κ2) is 14.0. The monoisotopic (exact) mass is 697 g/mol. The fourth-order valence-corrected chi connectivity index (χ4v) is 7.52. The predicted molar refractivity (Wildman–Crippen MR) is 177 cm³/mol. The predicted octanol–water partition coefficient (Wildman–Crippen LogP) is 7.46. The van der Waals surface area contributed by atoms with Crippen LogP contribution in [0.5, 0.6) is 5.75 Å². The number of hydrogen-bond acceptors (Lipinski definition) is 5. The Balaban J connectivity index is 1.64. The van der Waals surface area contributed by atoms with Crippen LogP contribution in [-0.2, 0) is 21.2 Å². The van der Waals surface area contributed by atoms with Crippen LogP contribution >= 0.6 is 35.0 Å². The number of rotatable bonds is 13. The smallest absolute Gasteiger partial charge is 0.240 e. The fraction of sp³-hybridized carbons (Fsp3) is 0.344. The van der Waals surface area contributed by atoms with E-state index in [1.807, 2.05) is 51.7 Å². The number of sulfonamides is 1. The normalized spacial score (nSPS) is 12.5. The van der Waals surface area contributed by atoms with E-state index >= 15 is 4.39 Å². The molecule has 0 unspecified atom stereocenters. The summed E-state index contributed by atoms with van der Waals surface area (Å²) in [6.45, 7) is 5.04. The van der Waals surface area contributed by atoms with Gasteiger partial charge in [0.2, 0.25) is 10.0 Å². The topological polar surface area (TPSA) is 73.2 Å². The maximum absolute atomic E-state index is 15.4. The van der Waals surface area contributed by atoms with Gasteiger partial charge in [0.05, 0.1) is 56.6 Å².